The number of Topliss-reactive ketones (excluding diaryl/α,β-unsaturated/α-hetero) is 1. The van der Waals surface area contributed by atoms with Crippen LogP contribution in [0.2, 0.25) is 0 Å². The Morgan fingerprint density at radius 2 is 1.78 bits per heavy atom. The summed E-state index contributed by atoms with van der Waals surface area (Å²) in [6.45, 7) is 4.94. The molecule has 1 aromatic rings. The summed E-state index contributed by atoms with van der Waals surface area (Å²) in [6.07, 6.45) is 0. The Kier molecular flexibility index (Phi) is 3.99. The number of aromatic carboxylic acids is 1. The van der Waals surface area contributed by atoms with Crippen molar-refractivity contribution in [2.24, 2.45) is 0 Å². The van der Waals surface area contributed by atoms with Crippen molar-refractivity contribution in [2.45, 2.75) is 6.92 Å². The van der Waals surface area contributed by atoms with Gasteiger partial charge < -0.3 is 9.84 Å². The molecule has 0 saturated carbocycles. The average Bonchev–Trinajstić information content (AvgIpc) is 2.35. The Morgan fingerprint density at radius 1 is 1.22 bits per heavy atom. The number of ketones is 1. The molecule has 0 saturated heterocycles. The summed E-state index contributed by atoms with van der Waals surface area (Å²) >= 11 is 0. The SMILES string of the molecule is C=C(C)C(=O)c1cccc(C(=O)OC)c1C(=O)O. The van der Waals surface area contributed by atoms with E-state index in [4.69, 9.17) is 5.11 Å². The number of ether oxygens (including phenoxy) is 1. The molecule has 0 heterocycles. The number of esters is 1. The summed E-state index contributed by atoms with van der Waals surface area (Å²) < 4.78 is 4.49. The highest BCUT2D eigenvalue weighted by molar-refractivity contribution is 6.16. The molecule has 5 nitrogen and oxygen atoms in total. The highest BCUT2D eigenvalue weighted by Crippen LogP contribution is 2.19. The smallest absolute Gasteiger partial charge is 0.338 e. The van der Waals surface area contributed by atoms with Crippen molar-refractivity contribution in [3.05, 3.63) is 47.0 Å². The number of carbonyl (C=O) groups is 3. The molecule has 1 aromatic carbocycles. The van der Waals surface area contributed by atoms with E-state index in [0.717, 1.165) is 7.11 Å². The lowest BCUT2D eigenvalue weighted by Gasteiger charge is -2.09. The van der Waals surface area contributed by atoms with Gasteiger partial charge in [-0.15, -0.1) is 0 Å². The summed E-state index contributed by atoms with van der Waals surface area (Å²) in [5, 5.41) is 9.13. The first-order valence-electron chi connectivity index (χ1n) is 5.05. The first kappa shape index (κ1) is 13.6. The Balaban J connectivity index is 3.54. The largest absolute Gasteiger partial charge is 0.478 e. The van der Waals surface area contributed by atoms with Gasteiger partial charge in [-0.2, -0.15) is 0 Å². The van der Waals surface area contributed by atoms with E-state index in [1.165, 1.54) is 25.1 Å². The van der Waals surface area contributed by atoms with Crippen LogP contribution in [0.1, 0.15) is 38.0 Å². The normalized spacial score (nSPS) is 9.67. The number of hydrogen-bond acceptors (Lipinski definition) is 4. The quantitative estimate of drug-likeness (QED) is 0.500. The van der Waals surface area contributed by atoms with Crippen molar-refractivity contribution in [1.29, 1.82) is 0 Å². The minimum Gasteiger partial charge on any atom is -0.478 e. The fourth-order valence-electron chi connectivity index (χ4n) is 1.48. The van der Waals surface area contributed by atoms with Crippen molar-refractivity contribution in [2.75, 3.05) is 7.11 Å². The second kappa shape index (κ2) is 5.27. The molecule has 0 aliphatic heterocycles. The van der Waals surface area contributed by atoms with Crippen LogP contribution in [0.5, 0.6) is 0 Å². The van der Waals surface area contributed by atoms with Gasteiger partial charge in [-0.1, -0.05) is 18.7 Å². The molecule has 0 fully saturated rings. The third-order valence-corrected chi connectivity index (χ3v) is 2.32. The second-order valence-electron chi connectivity index (χ2n) is 3.63. The molecule has 5 heteroatoms. The zero-order chi connectivity index (χ0) is 13.9. The third kappa shape index (κ3) is 2.45. The lowest BCUT2D eigenvalue weighted by atomic mass is 9.95. The zero-order valence-corrected chi connectivity index (χ0v) is 10.0. The Labute approximate surface area is 104 Å². The predicted octanol–water partition coefficient (Wildman–Crippen LogP) is 1.93. The van der Waals surface area contributed by atoms with E-state index < -0.39 is 17.7 Å². The lowest BCUT2D eigenvalue weighted by molar-refractivity contribution is 0.0582. The molecule has 0 bridgehead atoms. The molecule has 0 aromatic heterocycles. The molecule has 18 heavy (non-hydrogen) atoms. The van der Waals surface area contributed by atoms with E-state index in [1.54, 1.807) is 0 Å². The first-order chi connectivity index (χ1) is 8.40. The fraction of sp³-hybridized carbons (Fsp3) is 0.154. The number of carbonyl (C=O) groups excluding carboxylic acids is 2. The van der Waals surface area contributed by atoms with Crippen molar-refractivity contribution < 1.29 is 24.2 Å². The number of hydrogen-bond donors (Lipinski definition) is 1. The number of carboxylic acid groups (broad SMARTS) is 1. The minimum atomic E-state index is -1.36. The van der Waals surface area contributed by atoms with Gasteiger partial charge in [0.1, 0.15) is 0 Å². The minimum absolute atomic E-state index is 0.0714. The number of carboxylic acids is 1. The maximum atomic E-state index is 11.8. The van der Waals surface area contributed by atoms with Gasteiger partial charge >= 0.3 is 11.9 Å². The molecule has 0 aliphatic rings. The zero-order valence-electron chi connectivity index (χ0n) is 10.0. The number of methoxy groups -OCH3 is 1. The highest BCUT2D eigenvalue weighted by atomic mass is 16.5. The lowest BCUT2D eigenvalue weighted by Crippen LogP contribution is -2.16. The molecular weight excluding hydrogens is 236 g/mol. The van der Waals surface area contributed by atoms with Crippen LogP contribution in [0.4, 0.5) is 0 Å². The molecule has 1 N–H and O–H groups in total. The van der Waals surface area contributed by atoms with E-state index in [0.29, 0.717) is 0 Å². The molecule has 0 aliphatic carbocycles. The Hall–Kier alpha value is -2.43. The van der Waals surface area contributed by atoms with Crippen LogP contribution < -0.4 is 0 Å². The van der Waals surface area contributed by atoms with Crippen molar-refractivity contribution in [3.63, 3.8) is 0 Å². The molecule has 94 valence electrons. The van der Waals surface area contributed by atoms with Crippen LogP contribution in [-0.2, 0) is 4.74 Å². The van der Waals surface area contributed by atoms with E-state index in [9.17, 15) is 14.4 Å². The predicted molar refractivity (Wildman–Crippen MR) is 63.9 cm³/mol. The van der Waals surface area contributed by atoms with Gasteiger partial charge in [-0.25, -0.2) is 9.59 Å². The van der Waals surface area contributed by atoms with Gasteiger partial charge in [0.15, 0.2) is 5.78 Å². The standard InChI is InChI=1S/C13H12O5/c1-7(2)11(14)8-5-4-6-9(13(17)18-3)10(8)12(15)16/h4-6H,1H2,2-3H3,(H,15,16). The number of allylic oxidation sites excluding steroid dienone is 1. The van der Waals surface area contributed by atoms with Crippen molar-refractivity contribution in [3.8, 4) is 0 Å². The van der Waals surface area contributed by atoms with Crippen LogP contribution >= 0.6 is 0 Å². The molecule has 0 atom stereocenters. The summed E-state index contributed by atoms with van der Waals surface area (Å²) in [6, 6.07) is 4.06. The van der Waals surface area contributed by atoms with Gasteiger partial charge in [-0.3, -0.25) is 4.79 Å². The van der Waals surface area contributed by atoms with Gasteiger partial charge in [0.05, 0.1) is 18.2 Å². The topological polar surface area (TPSA) is 80.7 Å². The summed E-state index contributed by atoms with van der Waals surface area (Å²) in [7, 11) is 1.14. The molecular formula is C13H12O5. The van der Waals surface area contributed by atoms with Gasteiger partial charge in [0.25, 0.3) is 0 Å². The Bertz CT molecular complexity index is 542. The summed E-state index contributed by atoms with van der Waals surface area (Å²) in [5.41, 5.74) is -0.396. The van der Waals surface area contributed by atoms with E-state index in [1.807, 2.05) is 0 Å². The molecule has 0 unspecified atom stereocenters. The summed E-state index contributed by atoms with van der Waals surface area (Å²) in [5.74, 6) is -2.68. The second-order valence-corrected chi connectivity index (χ2v) is 3.63. The fourth-order valence-corrected chi connectivity index (χ4v) is 1.48. The monoisotopic (exact) mass is 248 g/mol. The molecule has 0 radical (unpaired) electrons. The number of benzene rings is 1. The van der Waals surface area contributed by atoms with Crippen molar-refractivity contribution in [1.82, 2.24) is 0 Å². The van der Waals surface area contributed by atoms with Crippen LogP contribution in [0.15, 0.2) is 30.4 Å². The van der Waals surface area contributed by atoms with E-state index in [2.05, 4.69) is 11.3 Å². The van der Waals surface area contributed by atoms with Crippen LogP contribution in [-0.4, -0.2) is 29.9 Å². The molecule has 0 spiro atoms. The van der Waals surface area contributed by atoms with Crippen LogP contribution in [0.3, 0.4) is 0 Å². The van der Waals surface area contributed by atoms with Gasteiger partial charge in [0.2, 0.25) is 0 Å². The van der Waals surface area contributed by atoms with Crippen molar-refractivity contribution >= 4 is 17.7 Å². The maximum absolute atomic E-state index is 11.8. The average molecular weight is 248 g/mol. The Morgan fingerprint density at radius 3 is 2.22 bits per heavy atom. The highest BCUT2D eigenvalue weighted by Gasteiger charge is 2.24. The number of rotatable bonds is 4. The van der Waals surface area contributed by atoms with Crippen LogP contribution in [0.25, 0.3) is 0 Å². The first-order valence-corrected chi connectivity index (χ1v) is 5.05. The van der Waals surface area contributed by atoms with E-state index >= 15 is 0 Å². The molecule has 1 rings (SSSR count). The van der Waals surface area contributed by atoms with Crippen LogP contribution in [0, 0.1) is 0 Å². The molecule has 0 amide bonds. The maximum Gasteiger partial charge on any atom is 0.338 e. The summed E-state index contributed by atoms with van der Waals surface area (Å²) in [4.78, 5) is 34.5. The van der Waals surface area contributed by atoms with E-state index in [-0.39, 0.29) is 22.3 Å². The third-order valence-electron chi connectivity index (χ3n) is 2.32. The van der Waals surface area contributed by atoms with Gasteiger partial charge in [-0.05, 0) is 18.6 Å². The van der Waals surface area contributed by atoms with Gasteiger partial charge in [0, 0.05) is 5.56 Å².